The number of nitriles is 3. The molecule has 0 radical (unpaired) electrons. The molecule has 0 aromatic carbocycles. The molecular weight excluding hydrogens is 931 g/mol. The zero-order valence-corrected chi connectivity index (χ0v) is 44.3. The van der Waals surface area contributed by atoms with Crippen molar-refractivity contribution in [3.8, 4) is 18.2 Å². The smallest absolute Gasteiger partial charge is 0.344 e. The quantitative estimate of drug-likeness (QED) is 0.0608. The second-order valence-electron chi connectivity index (χ2n) is 22.4. The van der Waals surface area contributed by atoms with Crippen LogP contribution in [-0.4, -0.2) is 131 Å². The van der Waals surface area contributed by atoms with Crippen LogP contribution >= 0.6 is 0 Å². The molecule has 0 aromatic rings. The average molecular weight is 1000 g/mol. The van der Waals surface area contributed by atoms with E-state index in [0.717, 1.165) is 94.9 Å². The number of likely N-dealkylation sites (tertiary alicyclic amines) is 3. The summed E-state index contributed by atoms with van der Waals surface area (Å²) >= 11 is 0. The van der Waals surface area contributed by atoms with E-state index in [4.69, 9.17) is 14.2 Å². The maximum Gasteiger partial charge on any atom is 0.344 e. The van der Waals surface area contributed by atoms with Crippen LogP contribution in [0.15, 0.2) is 67.2 Å². The predicted molar refractivity (Wildman–Crippen MR) is 269 cm³/mol. The number of nitrogens with zero attached hydrogens (tertiary/aromatic N) is 6. The fraction of sp³-hybridized carbons (Fsp3) is 0.618. The molecule has 3 saturated heterocycles. The van der Waals surface area contributed by atoms with Crippen LogP contribution in [0.3, 0.4) is 0 Å². The fourth-order valence-electron chi connectivity index (χ4n) is 11.2. The Hall–Kier alpha value is -6.87. The molecule has 392 valence electrons. The van der Waals surface area contributed by atoms with Gasteiger partial charge in [0, 0.05) is 77.5 Å². The van der Waals surface area contributed by atoms with Gasteiger partial charge in [-0.3, -0.25) is 14.4 Å². The number of ether oxygens (including phenoxy) is 3. The van der Waals surface area contributed by atoms with Crippen molar-refractivity contribution in [1.82, 2.24) is 30.7 Å². The molecule has 6 aliphatic rings. The van der Waals surface area contributed by atoms with Crippen molar-refractivity contribution in [2.75, 3.05) is 80.2 Å². The molecule has 3 N–H and O–H groups in total. The Balaban J connectivity index is 1.39. The van der Waals surface area contributed by atoms with Crippen molar-refractivity contribution in [3.05, 3.63) is 67.2 Å². The van der Waals surface area contributed by atoms with Gasteiger partial charge in [0.15, 0.2) is 0 Å². The third-order valence-corrected chi connectivity index (χ3v) is 14.7. The molecule has 3 fully saturated rings. The summed E-state index contributed by atoms with van der Waals surface area (Å²) in [6.45, 7) is 14.6. The molecule has 0 bridgehead atoms. The van der Waals surface area contributed by atoms with Crippen molar-refractivity contribution in [3.63, 3.8) is 0 Å². The fourth-order valence-corrected chi connectivity index (χ4v) is 11.2. The first-order chi connectivity index (χ1) is 34.6. The standard InChI is InChI=1S/C55H73N9O9/c1-53(2)22-35(38(28-56)41(25-53)62-16-10-11-17-62)44(47(65)59-7)50(68)71-31-34(32-72-51(69)45(48(66)60-8)36-23-54(3,4)26-42(39(36)29-57)63-18-12-13-19-63)33-73-52(70)46(49(67)61-9)37-24-55(5,6)27-43(40(37)30-58)64-20-14-15-21-64/h34H,10-27,31-33H2,1-9H3,(H,59,65)(H,60,66)(H,61,67)/b44-35+,45-36+,46-37+. The number of allylic oxidation sites excluding steroid dienone is 9. The number of rotatable bonds is 15. The molecule has 0 spiro atoms. The second-order valence-corrected chi connectivity index (χ2v) is 22.4. The molecular formula is C55H73N9O9. The molecule has 3 amide bonds. The summed E-state index contributed by atoms with van der Waals surface area (Å²) in [6.07, 6.45) is 7.93. The Kier molecular flexibility index (Phi) is 17.7. The molecule has 3 heterocycles. The van der Waals surface area contributed by atoms with Crippen LogP contribution in [0.25, 0.3) is 0 Å². The normalized spacial score (nSPS) is 22.5. The van der Waals surface area contributed by atoms with Gasteiger partial charge in [-0.2, -0.15) is 15.8 Å². The molecule has 18 heteroatoms. The number of likely N-dealkylation sites (N-methyl/N-ethyl adjacent to an activating group) is 3. The molecule has 6 rings (SSSR count). The van der Waals surface area contributed by atoms with Crippen molar-refractivity contribution in [2.24, 2.45) is 22.2 Å². The van der Waals surface area contributed by atoms with E-state index in [9.17, 15) is 44.6 Å². The molecule has 0 aromatic heterocycles. The lowest BCUT2D eigenvalue weighted by atomic mass is 9.72. The highest BCUT2D eigenvalue weighted by atomic mass is 16.6. The summed E-state index contributed by atoms with van der Waals surface area (Å²) < 4.78 is 17.7. The van der Waals surface area contributed by atoms with Gasteiger partial charge in [0.1, 0.15) is 54.7 Å². The largest absolute Gasteiger partial charge is 0.461 e. The van der Waals surface area contributed by atoms with Gasteiger partial charge < -0.3 is 44.9 Å². The molecule has 3 aliphatic carbocycles. The van der Waals surface area contributed by atoms with Crippen molar-refractivity contribution in [1.29, 1.82) is 15.8 Å². The first kappa shape index (κ1) is 55.4. The summed E-state index contributed by atoms with van der Waals surface area (Å²) in [6, 6.07) is 6.84. The summed E-state index contributed by atoms with van der Waals surface area (Å²) in [4.78, 5) is 91.0. The van der Waals surface area contributed by atoms with Gasteiger partial charge in [-0.25, -0.2) is 14.4 Å². The lowest BCUT2D eigenvalue weighted by Gasteiger charge is -2.37. The minimum atomic E-state index is -1.17. The molecule has 0 atom stereocenters. The number of amides is 3. The Morgan fingerprint density at radius 1 is 0.452 bits per heavy atom. The highest BCUT2D eigenvalue weighted by Gasteiger charge is 2.42. The van der Waals surface area contributed by atoms with Gasteiger partial charge in [-0.1, -0.05) is 41.5 Å². The molecule has 0 saturated carbocycles. The predicted octanol–water partition coefficient (Wildman–Crippen LogP) is 5.44. The van der Waals surface area contributed by atoms with E-state index in [1.54, 1.807) is 0 Å². The highest BCUT2D eigenvalue weighted by Crippen LogP contribution is 2.48. The summed E-state index contributed by atoms with van der Waals surface area (Å²) in [5.74, 6) is -6.73. The van der Waals surface area contributed by atoms with Crippen LogP contribution in [0.5, 0.6) is 0 Å². The molecule has 73 heavy (non-hydrogen) atoms. The average Bonchev–Trinajstić information content (AvgIpc) is 4.19. The first-order valence-corrected chi connectivity index (χ1v) is 25.7. The third-order valence-electron chi connectivity index (χ3n) is 14.7. The monoisotopic (exact) mass is 1000 g/mol. The van der Waals surface area contributed by atoms with Gasteiger partial charge in [0.05, 0.1) is 22.6 Å². The van der Waals surface area contributed by atoms with E-state index in [-0.39, 0.29) is 69.4 Å². The SMILES string of the molecule is CNC(=O)/C(C(=O)OCC(COC(=O)/C(C(=O)NC)=C1\CC(C)(C)CC(N2CCCC2)=C1C#N)COC(=O)/C(C(=O)NC)=C1\CC(C)(C)CC(N2CCCC2)=C1C#N)=C1/CC(C)(C)CC(N2CCCC2)=C1C#N. The highest BCUT2D eigenvalue weighted by molar-refractivity contribution is 6.19. The minimum absolute atomic E-state index is 0.211. The van der Waals surface area contributed by atoms with Gasteiger partial charge in [0.2, 0.25) is 0 Å². The van der Waals surface area contributed by atoms with Crippen LogP contribution in [0.1, 0.15) is 119 Å². The number of carbonyl (C=O) groups is 6. The molecule has 0 unspecified atom stereocenters. The zero-order chi connectivity index (χ0) is 53.4. The number of hydrogen-bond donors (Lipinski definition) is 3. The van der Waals surface area contributed by atoms with Gasteiger partial charge >= 0.3 is 17.9 Å². The lowest BCUT2D eigenvalue weighted by molar-refractivity contribution is -0.149. The van der Waals surface area contributed by atoms with E-state index in [0.29, 0.717) is 19.3 Å². The van der Waals surface area contributed by atoms with Gasteiger partial charge in [-0.05, 0) is 110 Å². The Labute approximate surface area is 430 Å². The van der Waals surface area contributed by atoms with E-state index in [1.165, 1.54) is 21.1 Å². The first-order valence-electron chi connectivity index (χ1n) is 25.7. The topological polar surface area (TPSA) is 247 Å². The van der Waals surface area contributed by atoms with Crippen molar-refractivity contribution >= 4 is 35.6 Å². The van der Waals surface area contributed by atoms with E-state index >= 15 is 0 Å². The summed E-state index contributed by atoms with van der Waals surface area (Å²) in [5, 5.41) is 39.4. The number of esters is 3. The molecule has 18 nitrogen and oxygen atoms in total. The summed E-state index contributed by atoms with van der Waals surface area (Å²) in [7, 11) is 4.09. The van der Waals surface area contributed by atoms with E-state index < -0.39 is 77.6 Å². The van der Waals surface area contributed by atoms with E-state index in [1.807, 2.05) is 41.5 Å². The maximum atomic E-state index is 14.4. The van der Waals surface area contributed by atoms with Crippen LogP contribution < -0.4 is 16.0 Å². The Bertz CT molecular complexity index is 2310. The Morgan fingerprint density at radius 3 is 0.890 bits per heavy atom. The number of hydrogen-bond acceptors (Lipinski definition) is 15. The van der Waals surface area contributed by atoms with E-state index in [2.05, 4.69) is 48.9 Å². The lowest BCUT2D eigenvalue weighted by Crippen LogP contribution is -2.36. The van der Waals surface area contributed by atoms with Crippen LogP contribution in [0, 0.1) is 56.2 Å². The maximum absolute atomic E-state index is 14.4. The minimum Gasteiger partial charge on any atom is -0.461 e. The zero-order valence-electron chi connectivity index (χ0n) is 44.3. The third kappa shape index (κ3) is 12.7. The van der Waals surface area contributed by atoms with Crippen LogP contribution in [0.4, 0.5) is 0 Å². The summed E-state index contributed by atoms with van der Waals surface area (Å²) in [5.41, 5.74) is 1.21. The van der Waals surface area contributed by atoms with Crippen molar-refractivity contribution < 1.29 is 43.0 Å². The molecule has 3 aliphatic heterocycles. The Morgan fingerprint density at radius 2 is 0.685 bits per heavy atom. The van der Waals surface area contributed by atoms with Crippen molar-refractivity contribution in [2.45, 2.75) is 119 Å². The van der Waals surface area contributed by atoms with Crippen LogP contribution in [-0.2, 0) is 43.0 Å². The second kappa shape index (κ2) is 23.3. The number of carbonyl (C=O) groups excluding carboxylic acids is 6. The number of nitrogens with one attached hydrogen (secondary N) is 3. The van der Waals surface area contributed by atoms with Gasteiger partial charge in [0.25, 0.3) is 17.7 Å². The van der Waals surface area contributed by atoms with Gasteiger partial charge in [-0.15, -0.1) is 0 Å². The van der Waals surface area contributed by atoms with Crippen LogP contribution in [0.2, 0.25) is 0 Å².